The molecular weight excluding hydrogens is 326 g/mol. The van der Waals surface area contributed by atoms with Crippen LogP contribution < -0.4 is 5.32 Å². The van der Waals surface area contributed by atoms with Gasteiger partial charge in [-0.25, -0.2) is 0 Å². The van der Waals surface area contributed by atoms with E-state index in [0.29, 0.717) is 11.6 Å². The van der Waals surface area contributed by atoms with Gasteiger partial charge in [0.2, 0.25) is 0 Å². The lowest BCUT2D eigenvalue weighted by molar-refractivity contribution is -0.147. The van der Waals surface area contributed by atoms with Crippen molar-refractivity contribution in [2.75, 3.05) is 6.61 Å². The summed E-state index contributed by atoms with van der Waals surface area (Å²) in [6.45, 7) is 4.10. The van der Waals surface area contributed by atoms with Gasteiger partial charge in [0.05, 0.1) is 6.42 Å². The van der Waals surface area contributed by atoms with E-state index in [-0.39, 0.29) is 18.9 Å². The second kappa shape index (κ2) is 8.50. The molecule has 0 aliphatic carbocycles. The average molecular weight is 346 g/mol. The Balaban J connectivity index is 1.73. The molecule has 1 amide bonds. The fourth-order valence-electron chi connectivity index (χ4n) is 2.13. The van der Waals surface area contributed by atoms with Crippen molar-refractivity contribution in [1.82, 2.24) is 5.32 Å². The number of nitrogens with one attached hydrogen (secondary N) is 1. The Morgan fingerprint density at radius 3 is 2.33 bits per heavy atom. The number of hydrogen-bond acceptors (Lipinski definition) is 3. The number of esters is 1. The van der Waals surface area contributed by atoms with Crippen molar-refractivity contribution in [1.29, 1.82) is 0 Å². The maximum absolute atomic E-state index is 11.8. The smallest absolute Gasteiger partial charge is 0.310 e. The Hall–Kier alpha value is -2.33. The van der Waals surface area contributed by atoms with Crippen LogP contribution in [0.5, 0.6) is 0 Å². The molecule has 5 heteroatoms. The first kappa shape index (κ1) is 18.0. The van der Waals surface area contributed by atoms with Gasteiger partial charge in [0.1, 0.15) is 0 Å². The fraction of sp³-hybridized carbons (Fsp3) is 0.263. The molecule has 1 N–H and O–H groups in total. The van der Waals surface area contributed by atoms with E-state index in [1.165, 1.54) is 5.56 Å². The van der Waals surface area contributed by atoms with Crippen molar-refractivity contribution >= 4 is 23.5 Å². The predicted molar refractivity (Wildman–Crippen MR) is 93.9 cm³/mol. The molecular formula is C19H20ClNO3. The van der Waals surface area contributed by atoms with Crippen LogP contribution in [0.3, 0.4) is 0 Å². The van der Waals surface area contributed by atoms with Gasteiger partial charge in [0, 0.05) is 11.6 Å². The molecule has 2 aromatic carbocycles. The normalized spacial score (nSPS) is 10.3. The first-order valence-corrected chi connectivity index (χ1v) is 8.05. The Kier molecular flexibility index (Phi) is 6.38. The van der Waals surface area contributed by atoms with Gasteiger partial charge in [-0.05, 0) is 48.2 Å². The van der Waals surface area contributed by atoms with Crippen molar-refractivity contribution in [3.05, 3.63) is 69.7 Å². The Morgan fingerprint density at radius 2 is 1.67 bits per heavy atom. The number of ether oxygens (including phenoxy) is 1. The summed E-state index contributed by atoms with van der Waals surface area (Å²) in [6.07, 6.45) is 0.158. The second-order valence-corrected chi connectivity index (χ2v) is 6.10. The van der Waals surface area contributed by atoms with Crippen LogP contribution in [0, 0.1) is 13.8 Å². The maximum atomic E-state index is 11.8. The molecule has 0 saturated carbocycles. The number of carbonyl (C=O) groups is 2. The van der Waals surface area contributed by atoms with Gasteiger partial charge in [-0.1, -0.05) is 41.9 Å². The summed E-state index contributed by atoms with van der Waals surface area (Å²) in [5.74, 6) is -0.752. The molecule has 2 aromatic rings. The van der Waals surface area contributed by atoms with Crippen molar-refractivity contribution < 1.29 is 14.3 Å². The number of carbonyl (C=O) groups excluding carboxylic acids is 2. The molecule has 0 saturated heterocycles. The zero-order valence-corrected chi connectivity index (χ0v) is 14.5. The molecule has 0 heterocycles. The Labute approximate surface area is 146 Å². The lowest BCUT2D eigenvalue weighted by Gasteiger charge is -2.08. The van der Waals surface area contributed by atoms with E-state index in [9.17, 15) is 9.59 Å². The predicted octanol–water partition coefficient (Wildman–Crippen LogP) is 3.36. The molecule has 0 radical (unpaired) electrons. The summed E-state index contributed by atoms with van der Waals surface area (Å²) in [5.41, 5.74) is 4.11. The minimum atomic E-state index is -0.417. The number of halogens is 1. The highest BCUT2D eigenvalue weighted by Gasteiger charge is 2.09. The van der Waals surface area contributed by atoms with Crippen LogP contribution in [0.15, 0.2) is 42.5 Å². The van der Waals surface area contributed by atoms with E-state index < -0.39 is 5.97 Å². The zero-order valence-electron chi connectivity index (χ0n) is 13.8. The number of benzene rings is 2. The average Bonchev–Trinajstić information content (AvgIpc) is 2.56. The second-order valence-electron chi connectivity index (χ2n) is 5.66. The quantitative estimate of drug-likeness (QED) is 0.817. The first-order valence-electron chi connectivity index (χ1n) is 7.67. The lowest BCUT2D eigenvalue weighted by atomic mass is 10.0. The SMILES string of the molecule is Cc1ccc(CC(=O)OCC(=O)NCc2ccc(Cl)cc2)cc1C. The van der Waals surface area contributed by atoms with Crippen LogP contribution in [0.25, 0.3) is 0 Å². The summed E-state index contributed by atoms with van der Waals surface area (Å²) >= 11 is 5.80. The van der Waals surface area contributed by atoms with Gasteiger partial charge in [-0.15, -0.1) is 0 Å². The minimum absolute atomic E-state index is 0.158. The monoisotopic (exact) mass is 345 g/mol. The van der Waals surface area contributed by atoms with Crippen LogP contribution in [0.4, 0.5) is 0 Å². The highest BCUT2D eigenvalue weighted by Crippen LogP contribution is 2.11. The molecule has 0 aromatic heterocycles. The number of hydrogen-bond donors (Lipinski definition) is 1. The Morgan fingerprint density at radius 1 is 1.00 bits per heavy atom. The van der Waals surface area contributed by atoms with E-state index in [1.807, 2.05) is 44.2 Å². The van der Waals surface area contributed by atoms with Crippen LogP contribution in [-0.2, 0) is 27.3 Å². The summed E-state index contributed by atoms with van der Waals surface area (Å²) in [6, 6.07) is 13.0. The van der Waals surface area contributed by atoms with Gasteiger partial charge in [-0.2, -0.15) is 0 Å². The van der Waals surface area contributed by atoms with Gasteiger partial charge in [-0.3, -0.25) is 9.59 Å². The molecule has 2 rings (SSSR count). The van der Waals surface area contributed by atoms with Gasteiger partial charge in [0.15, 0.2) is 6.61 Å². The van der Waals surface area contributed by atoms with Crippen LogP contribution >= 0.6 is 11.6 Å². The molecule has 126 valence electrons. The standard InChI is InChI=1S/C19H20ClNO3/c1-13-3-4-16(9-14(13)2)10-19(23)24-12-18(22)21-11-15-5-7-17(20)8-6-15/h3-9H,10-12H2,1-2H3,(H,21,22). The lowest BCUT2D eigenvalue weighted by Crippen LogP contribution is -2.28. The largest absolute Gasteiger partial charge is 0.455 e. The van der Waals surface area contributed by atoms with Gasteiger partial charge >= 0.3 is 5.97 Å². The molecule has 0 fully saturated rings. The van der Waals surface area contributed by atoms with Gasteiger partial charge in [0.25, 0.3) is 5.91 Å². The van der Waals surface area contributed by atoms with E-state index in [1.54, 1.807) is 12.1 Å². The molecule has 0 unspecified atom stereocenters. The van der Waals surface area contributed by atoms with Crippen molar-refractivity contribution in [2.24, 2.45) is 0 Å². The number of amides is 1. The summed E-state index contributed by atoms with van der Waals surface area (Å²) in [4.78, 5) is 23.5. The molecule has 24 heavy (non-hydrogen) atoms. The van der Waals surface area contributed by atoms with Crippen molar-refractivity contribution in [3.63, 3.8) is 0 Å². The first-order chi connectivity index (χ1) is 11.4. The topological polar surface area (TPSA) is 55.4 Å². The van der Waals surface area contributed by atoms with E-state index in [4.69, 9.17) is 16.3 Å². The molecule has 0 aliphatic rings. The van der Waals surface area contributed by atoms with Gasteiger partial charge < -0.3 is 10.1 Å². The molecule has 0 aliphatic heterocycles. The third-order valence-corrected chi connectivity index (χ3v) is 3.94. The maximum Gasteiger partial charge on any atom is 0.310 e. The summed E-state index contributed by atoms with van der Waals surface area (Å²) in [7, 11) is 0. The zero-order chi connectivity index (χ0) is 17.5. The van der Waals surface area contributed by atoms with Crippen LogP contribution in [-0.4, -0.2) is 18.5 Å². The van der Waals surface area contributed by atoms with E-state index in [0.717, 1.165) is 16.7 Å². The number of rotatable bonds is 6. The summed E-state index contributed by atoms with van der Waals surface area (Å²) in [5, 5.41) is 3.34. The Bertz CT molecular complexity index is 726. The molecule has 4 nitrogen and oxygen atoms in total. The molecule has 0 spiro atoms. The van der Waals surface area contributed by atoms with E-state index >= 15 is 0 Å². The van der Waals surface area contributed by atoms with E-state index in [2.05, 4.69) is 5.32 Å². The number of aryl methyl sites for hydroxylation is 2. The van der Waals surface area contributed by atoms with Crippen LogP contribution in [0.1, 0.15) is 22.3 Å². The summed E-state index contributed by atoms with van der Waals surface area (Å²) < 4.78 is 5.01. The third-order valence-electron chi connectivity index (χ3n) is 3.69. The molecule has 0 bridgehead atoms. The van der Waals surface area contributed by atoms with Crippen molar-refractivity contribution in [2.45, 2.75) is 26.8 Å². The highest BCUT2D eigenvalue weighted by atomic mass is 35.5. The highest BCUT2D eigenvalue weighted by molar-refractivity contribution is 6.30. The van der Waals surface area contributed by atoms with Crippen LogP contribution in [0.2, 0.25) is 5.02 Å². The fourth-order valence-corrected chi connectivity index (χ4v) is 2.26. The third kappa shape index (κ3) is 5.70. The van der Waals surface area contributed by atoms with Crippen molar-refractivity contribution in [3.8, 4) is 0 Å². The molecule has 0 atom stereocenters. The minimum Gasteiger partial charge on any atom is -0.455 e.